The third kappa shape index (κ3) is 4.63. The van der Waals surface area contributed by atoms with Crippen molar-refractivity contribution in [1.82, 2.24) is 0 Å². The minimum absolute atomic E-state index is 0.183. The van der Waals surface area contributed by atoms with E-state index in [-0.39, 0.29) is 5.91 Å². The van der Waals surface area contributed by atoms with Gasteiger partial charge in [0, 0.05) is 15.7 Å². The van der Waals surface area contributed by atoms with Gasteiger partial charge in [0.1, 0.15) is 25.4 Å². The Morgan fingerprint density at radius 3 is 2.58 bits per heavy atom. The lowest BCUT2D eigenvalue weighted by Crippen LogP contribution is -3.12. The van der Waals surface area contributed by atoms with E-state index in [0.29, 0.717) is 11.3 Å². The second kappa shape index (κ2) is 8.66. The van der Waals surface area contributed by atoms with Crippen LogP contribution in [0.2, 0.25) is 0 Å². The SMILES string of the molecule is COc1c(C)cc(Br)cc1C(=O)Nc1ccc(C[NH+]2CCOCC2)cc1. The van der Waals surface area contributed by atoms with Gasteiger partial charge >= 0.3 is 0 Å². The van der Waals surface area contributed by atoms with Crippen LogP contribution in [0.4, 0.5) is 5.69 Å². The third-order valence-electron chi connectivity index (χ3n) is 4.55. The van der Waals surface area contributed by atoms with E-state index in [1.165, 1.54) is 10.5 Å². The van der Waals surface area contributed by atoms with Crippen molar-refractivity contribution in [1.29, 1.82) is 0 Å². The first kappa shape index (κ1) is 18.9. The molecule has 1 amide bonds. The number of rotatable bonds is 5. The van der Waals surface area contributed by atoms with E-state index >= 15 is 0 Å². The summed E-state index contributed by atoms with van der Waals surface area (Å²) in [5.41, 5.74) is 3.46. The third-order valence-corrected chi connectivity index (χ3v) is 5.01. The highest BCUT2D eigenvalue weighted by molar-refractivity contribution is 9.10. The van der Waals surface area contributed by atoms with Crippen LogP contribution in [-0.2, 0) is 11.3 Å². The molecule has 1 saturated heterocycles. The number of methoxy groups -OCH3 is 1. The molecule has 5 nitrogen and oxygen atoms in total. The molecule has 1 fully saturated rings. The van der Waals surface area contributed by atoms with Crippen molar-refractivity contribution in [2.45, 2.75) is 13.5 Å². The minimum Gasteiger partial charge on any atom is -0.496 e. The molecular formula is C20H24BrN2O3+. The molecule has 0 spiro atoms. The van der Waals surface area contributed by atoms with E-state index in [4.69, 9.17) is 9.47 Å². The predicted octanol–water partition coefficient (Wildman–Crippen LogP) is 2.43. The molecule has 1 heterocycles. The summed E-state index contributed by atoms with van der Waals surface area (Å²) in [6.45, 7) is 6.65. The highest BCUT2D eigenvalue weighted by Gasteiger charge is 2.17. The first-order chi connectivity index (χ1) is 12.6. The Morgan fingerprint density at radius 1 is 1.23 bits per heavy atom. The summed E-state index contributed by atoms with van der Waals surface area (Å²) in [4.78, 5) is 14.2. The lowest BCUT2D eigenvalue weighted by molar-refractivity contribution is -0.921. The number of amides is 1. The smallest absolute Gasteiger partial charge is 0.259 e. The van der Waals surface area contributed by atoms with Crippen molar-refractivity contribution in [3.63, 3.8) is 0 Å². The van der Waals surface area contributed by atoms with Crippen molar-refractivity contribution in [2.24, 2.45) is 0 Å². The number of morpholine rings is 1. The van der Waals surface area contributed by atoms with E-state index in [2.05, 4.69) is 33.4 Å². The van der Waals surface area contributed by atoms with Gasteiger partial charge < -0.3 is 19.7 Å². The summed E-state index contributed by atoms with van der Waals surface area (Å²) < 4.78 is 11.6. The number of anilines is 1. The van der Waals surface area contributed by atoms with E-state index in [1.54, 1.807) is 13.2 Å². The van der Waals surface area contributed by atoms with Gasteiger partial charge in [0.05, 0.1) is 25.9 Å². The highest BCUT2D eigenvalue weighted by Crippen LogP contribution is 2.28. The molecule has 1 aliphatic rings. The number of hydrogen-bond acceptors (Lipinski definition) is 3. The predicted molar refractivity (Wildman–Crippen MR) is 105 cm³/mol. The van der Waals surface area contributed by atoms with Crippen LogP contribution < -0.4 is 15.0 Å². The average molecular weight is 420 g/mol. The molecule has 0 bridgehead atoms. The second-order valence-electron chi connectivity index (χ2n) is 6.49. The largest absolute Gasteiger partial charge is 0.496 e. The normalized spacial score (nSPS) is 14.9. The molecule has 2 aromatic rings. The number of benzene rings is 2. The molecular weight excluding hydrogens is 396 g/mol. The first-order valence-electron chi connectivity index (χ1n) is 8.72. The number of carbonyl (C=O) groups excluding carboxylic acids is 1. The zero-order valence-electron chi connectivity index (χ0n) is 15.1. The van der Waals surface area contributed by atoms with Gasteiger partial charge in [0.2, 0.25) is 0 Å². The van der Waals surface area contributed by atoms with Crippen LogP contribution >= 0.6 is 15.9 Å². The van der Waals surface area contributed by atoms with Gasteiger partial charge in [-0.2, -0.15) is 0 Å². The zero-order valence-corrected chi connectivity index (χ0v) is 16.7. The summed E-state index contributed by atoms with van der Waals surface area (Å²) in [5, 5.41) is 2.95. The Balaban J connectivity index is 1.68. The fourth-order valence-electron chi connectivity index (χ4n) is 3.20. The van der Waals surface area contributed by atoms with Crippen LogP contribution in [0.15, 0.2) is 40.9 Å². The molecule has 26 heavy (non-hydrogen) atoms. The number of carbonyl (C=O) groups is 1. The first-order valence-corrected chi connectivity index (χ1v) is 9.52. The summed E-state index contributed by atoms with van der Waals surface area (Å²) in [6.07, 6.45) is 0. The Kier molecular flexibility index (Phi) is 6.29. The summed E-state index contributed by atoms with van der Waals surface area (Å²) in [7, 11) is 1.58. The van der Waals surface area contributed by atoms with Crippen LogP contribution in [0.1, 0.15) is 21.5 Å². The lowest BCUT2D eigenvalue weighted by Gasteiger charge is -2.23. The molecule has 2 N–H and O–H groups in total. The minimum atomic E-state index is -0.183. The topological polar surface area (TPSA) is 52.0 Å². The Hall–Kier alpha value is -1.89. The fourth-order valence-corrected chi connectivity index (χ4v) is 3.77. The van der Waals surface area contributed by atoms with Crippen LogP contribution in [-0.4, -0.2) is 39.3 Å². The fraction of sp³-hybridized carbons (Fsp3) is 0.350. The maximum absolute atomic E-state index is 12.7. The summed E-state index contributed by atoms with van der Waals surface area (Å²) in [5.74, 6) is 0.413. The maximum atomic E-state index is 12.7. The van der Waals surface area contributed by atoms with E-state index in [1.807, 2.05) is 25.1 Å². The number of hydrogen-bond donors (Lipinski definition) is 2. The van der Waals surface area contributed by atoms with Gasteiger partial charge in [-0.1, -0.05) is 28.1 Å². The van der Waals surface area contributed by atoms with Crippen LogP contribution in [0.25, 0.3) is 0 Å². The summed E-state index contributed by atoms with van der Waals surface area (Å²) in [6, 6.07) is 11.7. The molecule has 2 aromatic carbocycles. The number of aryl methyl sites for hydroxylation is 1. The van der Waals surface area contributed by atoms with E-state index < -0.39 is 0 Å². The number of halogens is 1. The van der Waals surface area contributed by atoms with Crippen LogP contribution in [0, 0.1) is 6.92 Å². The zero-order chi connectivity index (χ0) is 18.5. The van der Waals surface area contributed by atoms with Crippen molar-refractivity contribution in [2.75, 3.05) is 38.7 Å². The Labute approximate surface area is 162 Å². The standard InChI is InChI=1S/C20H23BrN2O3/c1-14-11-16(21)12-18(19(14)25-2)20(24)22-17-5-3-15(4-6-17)13-23-7-9-26-10-8-23/h3-6,11-12H,7-10,13H2,1-2H3,(H,22,24)/p+1. The monoisotopic (exact) mass is 419 g/mol. The van der Waals surface area contributed by atoms with Gasteiger partial charge in [-0.25, -0.2) is 0 Å². The Morgan fingerprint density at radius 2 is 1.92 bits per heavy atom. The number of nitrogens with one attached hydrogen (secondary N) is 2. The number of quaternary nitrogens is 1. The molecule has 1 aliphatic heterocycles. The van der Waals surface area contributed by atoms with E-state index in [9.17, 15) is 4.79 Å². The molecule has 6 heteroatoms. The van der Waals surface area contributed by atoms with Gasteiger partial charge in [0.25, 0.3) is 5.91 Å². The average Bonchev–Trinajstić information content (AvgIpc) is 2.63. The molecule has 0 unspecified atom stereocenters. The molecule has 0 aromatic heterocycles. The molecule has 0 radical (unpaired) electrons. The van der Waals surface area contributed by atoms with Gasteiger partial charge in [-0.05, 0) is 36.8 Å². The lowest BCUT2D eigenvalue weighted by atomic mass is 10.1. The maximum Gasteiger partial charge on any atom is 0.259 e. The summed E-state index contributed by atoms with van der Waals surface area (Å²) >= 11 is 3.44. The van der Waals surface area contributed by atoms with Gasteiger partial charge in [0.15, 0.2) is 0 Å². The second-order valence-corrected chi connectivity index (χ2v) is 7.41. The van der Waals surface area contributed by atoms with Crippen molar-refractivity contribution in [3.8, 4) is 5.75 Å². The Bertz CT molecular complexity index is 771. The molecule has 3 rings (SSSR count). The molecule has 0 aliphatic carbocycles. The van der Waals surface area contributed by atoms with Crippen molar-refractivity contribution >= 4 is 27.5 Å². The highest BCUT2D eigenvalue weighted by atomic mass is 79.9. The molecule has 138 valence electrons. The molecule has 0 saturated carbocycles. The number of ether oxygens (including phenoxy) is 2. The van der Waals surface area contributed by atoms with Gasteiger partial charge in [-0.3, -0.25) is 4.79 Å². The quantitative estimate of drug-likeness (QED) is 0.782. The molecule has 0 atom stereocenters. The van der Waals surface area contributed by atoms with E-state index in [0.717, 1.165) is 48.6 Å². The van der Waals surface area contributed by atoms with Crippen LogP contribution in [0.3, 0.4) is 0 Å². The van der Waals surface area contributed by atoms with Crippen LogP contribution in [0.5, 0.6) is 5.75 Å². The van der Waals surface area contributed by atoms with Crippen molar-refractivity contribution in [3.05, 3.63) is 57.6 Å². The van der Waals surface area contributed by atoms with Gasteiger partial charge in [-0.15, -0.1) is 0 Å². The van der Waals surface area contributed by atoms with Crippen molar-refractivity contribution < 1.29 is 19.2 Å².